The van der Waals surface area contributed by atoms with Crippen molar-refractivity contribution in [2.24, 2.45) is 11.8 Å². The number of rotatable bonds is 6. The Morgan fingerprint density at radius 2 is 1.50 bits per heavy atom. The van der Waals surface area contributed by atoms with Gasteiger partial charge in [-0.25, -0.2) is 4.79 Å². The van der Waals surface area contributed by atoms with Crippen molar-refractivity contribution >= 4 is 29.2 Å². The lowest BCUT2D eigenvalue weighted by molar-refractivity contribution is -0.0656. The van der Waals surface area contributed by atoms with Gasteiger partial charge in [-0.1, -0.05) is 93.2 Å². The third kappa shape index (κ3) is 5.72. The predicted octanol–water partition coefficient (Wildman–Crippen LogP) is 7.49. The van der Waals surface area contributed by atoms with Crippen LogP contribution in [0.25, 0.3) is 0 Å². The molecule has 34 heavy (non-hydrogen) atoms. The van der Waals surface area contributed by atoms with Crippen molar-refractivity contribution in [3.05, 3.63) is 69.7 Å². The molecule has 0 aromatic heterocycles. The molecular formula is C28H36Cl2N2O2. The number of nitrogens with one attached hydrogen (secondary N) is 1. The van der Waals surface area contributed by atoms with E-state index in [0.29, 0.717) is 35.0 Å². The van der Waals surface area contributed by atoms with Crippen LogP contribution in [0.4, 0.5) is 4.79 Å². The lowest BCUT2D eigenvalue weighted by atomic mass is 9.82. The molecule has 2 unspecified atom stereocenters. The summed E-state index contributed by atoms with van der Waals surface area (Å²) < 4.78 is 6.51. The molecule has 4 nitrogen and oxygen atoms in total. The van der Waals surface area contributed by atoms with Crippen LogP contribution in [0.5, 0.6) is 0 Å². The van der Waals surface area contributed by atoms with Crippen molar-refractivity contribution in [2.45, 2.75) is 70.6 Å². The minimum absolute atomic E-state index is 0.0232. The number of likely N-dealkylation sites (tertiary alicyclic amines) is 1. The zero-order valence-electron chi connectivity index (χ0n) is 20.4. The Balaban J connectivity index is 1.43. The lowest BCUT2D eigenvalue weighted by Crippen LogP contribution is -2.62. The molecule has 4 rings (SSSR count). The molecule has 0 bridgehead atoms. The molecule has 2 amide bonds. The van der Waals surface area contributed by atoms with Crippen molar-refractivity contribution in [2.75, 3.05) is 13.1 Å². The van der Waals surface area contributed by atoms with E-state index in [1.54, 1.807) is 0 Å². The minimum atomic E-state index is -0.386. The quantitative estimate of drug-likeness (QED) is 0.415. The van der Waals surface area contributed by atoms with Gasteiger partial charge < -0.3 is 15.0 Å². The van der Waals surface area contributed by atoms with Gasteiger partial charge in [0.1, 0.15) is 6.10 Å². The highest BCUT2D eigenvalue weighted by Gasteiger charge is 2.40. The number of hydrogen-bond donors (Lipinski definition) is 1. The topological polar surface area (TPSA) is 41.6 Å². The normalized spacial score (nSPS) is 25.6. The second kappa shape index (κ2) is 10.9. The van der Waals surface area contributed by atoms with E-state index in [1.807, 2.05) is 53.4 Å². The standard InChI is InChI=1S/C28H36Cl2N2O2/c1-4-28(15-19(2)13-14-20(3)16-28)31-27(33)32-17-21(18-32)34-26(22-9-5-7-11-24(22)29)23-10-6-8-12-25(23)30/h5-12,19-21,26H,4,13-18H2,1-3H3,(H,31,33). The number of hydrogen-bond acceptors (Lipinski definition) is 2. The number of carbonyl (C=O) groups excluding carboxylic acids is 1. The third-order valence-corrected chi connectivity index (χ3v) is 8.21. The highest BCUT2D eigenvalue weighted by Crippen LogP contribution is 2.38. The van der Waals surface area contributed by atoms with Crippen molar-refractivity contribution in [1.82, 2.24) is 10.2 Å². The molecule has 2 aromatic carbocycles. The molecule has 1 aliphatic heterocycles. The molecule has 184 valence electrons. The maximum absolute atomic E-state index is 13.2. The largest absolute Gasteiger partial charge is 0.362 e. The molecule has 2 atom stereocenters. The Morgan fingerprint density at radius 1 is 1.00 bits per heavy atom. The Kier molecular flexibility index (Phi) is 8.12. The first-order valence-electron chi connectivity index (χ1n) is 12.5. The van der Waals surface area contributed by atoms with Crippen LogP contribution in [0.15, 0.2) is 48.5 Å². The molecule has 2 aliphatic rings. The van der Waals surface area contributed by atoms with Crippen molar-refractivity contribution in [1.29, 1.82) is 0 Å². The Bertz CT molecular complexity index is 934. The third-order valence-electron chi connectivity index (χ3n) is 7.52. The highest BCUT2D eigenvalue weighted by atomic mass is 35.5. The van der Waals surface area contributed by atoms with Crippen LogP contribution in [0.1, 0.15) is 70.1 Å². The summed E-state index contributed by atoms with van der Waals surface area (Å²) in [4.78, 5) is 15.0. The van der Waals surface area contributed by atoms with Crippen LogP contribution in [0.3, 0.4) is 0 Å². The Hall–Kier alpha value is -1.75. The molecule has 1 N–H and O–H groups in total. The van der Waals surface area contributed by atoms with Crippen LogP contribution in [0, 0.1) is 11.8 Å². The molecule has 1 saturated heterocycles. The molecule has 0 spiro atoms. The van der Waals surface area contributed by atoms with Crippen molar-refractivity contribution in [3.8, 4) is 0 Å². The maximum atomic E-state index is 13.2. The summed E-state index contributed by atoms with van der Waals surface area (Å²) in [7, 11) is 0. The fraction of sp³-hybridized carbons (Fsp3) is 0.536. The van der Waals surface area contributed by atoms with E-state index in [9.17, 15) is 4.79 Å². The van der Waals surface area contributed by atoms with E-state index in [0.717, 1.165) is 30.4 Å². The summed E-state index contributed by atoms with van der Waals surface area (Å²) in [6.45, 7) is 7.94. The first kappa shape index (κ1) is 25.3. The van der Waals surface area contributed by atoms with Crippen molar-refractivity contribution in [3.63, 3.8) is 0 Å². The second-order valence-corrected chi connectivity index (χ2v) is 11.2. The summed E-state index contributed by atoms with van der Waals surface area (Å²) in [5.41, 5.74) is 1.65. The Labute approximate surface area is 214 Å². The SMILES string of the molecule is CCC1(NC(=O)N2CC(OC(c3ccccc3Cl)c3ccccc3Cl)C2)CC(C)CCC(C)C1. The number of ether oxygens (including phenoxy) is 1. The van der Waals surface area contributed by atoms with Gasteiger partial charge in [-0.2, -0.15) is 0 Å². The van der Waals surface area contributed by atoms with Crippen LogP contribution in [-0.2, 0) is 4.74 Å². The predicted molar refractivity (Wildman–Crippen MR) is 140 cm³/mol. The van der Waals surface area contributed by atoms with E-state index >= 15 is 0 Å². The van der Waals surface area contributed by atoms with Crippen molar-refractivity contribution < 1.29 is 9.53 Å². The number of benzene rings is 2. The number of carbonyl (C=O) groups is 1. The van der Waals surface area contributed by atoms with E-state index < -0.39 is 0 Å². The van der Waals surface area contributed by atoms with Crippen LogP contribution in [0.2, 0.25) is 10.0 Å². The summed E-state index contributed by atoms with van der Waals surface area (Å²) in [6.07, 6.45) is 5.08. The summed E-state index contributed by atoms with van der Waals surface area (Å²) in [6, 6.07) is 15.4. The van der Waals surface area contributed by atoms with E-state index in [2.05, 4.69) is 26.1 Å². The molecule has 6 heteroatoms. The fourth-order valence-corrected chi connectivity index (χ4v) is 6.02. The summed E-state index contributed by atoms with van der Waals surface area (Å²) in [5.74, 6) is 1.26. The summed E-state index contributed by atoms with van der Waals surface area (Å²) >= 11 is 13.0. The van der Waals surface area contributed by atoms with Gasteiger partial charge in [0.2, 0.25) is 0 Å². The first-order valence-corrected chi connectivity index (χ1v) is 13.3. The van der Waals surface area contributed by atoms with E-state index in [4.69, 9.17) is 27.9 Å². The maximum Gasteiger partial charge on any atom is 0.318 e. The smallest absolute Gasteiger partial charge is 0.318 e. The second-order valence-electron chi connectivity index (χ2n) is 10.3. The lowest BCUT2D eigenvalue weighted by Gasteiger charge is -2.44. The summed E-state index contributed by atoms with van der Waals surface area (Å²) in [5, 5.41) is 4.71. The average Bonchev–Trinajstić information content (AvgIpc) is 2.92. The molecule has 2 aromatic rings. The van der Waals surface area contributed by atoms with Gasteiger partial charge in [-0.15, -0.1) is 0 Å². The average molecular weight is 504 g/mol. The van der Waals surface area contributed by atoms with Crippen LogP contribution < -0.4 is 5.32 Å². The van der Waals surface area contributed by atoms with Gasteiger partial charge in [0.05, 0.1) is 19.2 Å². The van der Waals surface area contributed by atoms with Gasteiger partial charge in [0.25, 0.3) is 0 Å². The van der Waals surface area contributed by atoms with Gasteiger partial charge in [-0.3, -0.25) is 0 Å². The number of urea groups is 1. The molecular weight excluding hydrogens is 467 g/mol. The van der Waals surface area contributed by atoms with Crippen LogP contribution in [-0.4, -0.2) is 35.7 Å². The van der Waals surface area contributed by atoms with Gasteiger partial charge in [0, 0.05) is 26.7 Å². The molecule has 1 heterocycles. The molecule has 0 radical (unpaired) electrons. The number of halogens is 2. The van der Waals surface area contributed by atoms with Gasteiger partial charge >= 0.3 is 6.03 Å². The number of amides is 2. The highest BCUT2D eigenvalue weighted by molar-refractivity contribution is 6.32. The van der Waals surface area contributed by atoms with Gasteiger partial charge in [-0.05, 0) is 43.2 Å². The number of nitrogens with zero attached hydrogens (tertiary/aromatic N) is 1. The monoisotopic (exact) mass is 502 g/mol. The van der Waals surface area contributed by atoms with Crippen LogP contribution >= 0.6 is 23.2 Å². The van der Waals surface area contributed by atoms with E-state index in [-0.39, 0.29) is 23.8 Å². The first-order chi connectivity index (χ1) is 16.3. The fourth-order valence-electron chi connectivity index (χ4n) is 5.55. The minimum Gasteiger partial charge on any atom is -0.362 e. The van der Waals surface area contributed by atoms with E-state index in [1.165, 1.54) is 12.8 Å². The van der Waals surface area contributed by atoms with Gasteiger partial charge in [0.15, 0.2) is 0 Å². The molecule has 1 saturated carbocycles. The molecule has 1 aliphatic carbocycles. The zero-order chi connectivity index (χ0) is 24.3. The zero-order valence-corrected chi connectivity index (χ0v) is 21.9. The Morgan fingerprint density at radius 3 is 1.97 bits per heavy atom. The molecule has 2 fully saturated rings.